The van der Waals surface area contributed by atoms with E-state index in [1.54, 1.807) is 59.1 Å². The Balaban J connectivity index is 0.000000238. The van der Waals surface area contributed by atoms with Gasteiger partial charge in [-0.05, 0) is 108 Å². The highest BCUT2D eigenvalue weighted by atomic mass is 32.1. The van der Waals surface area contributed by atoms with E-state index >= 15 is 0 Å². The summed E-state index contributed by atoms with van der Waals surface area (Å²) in [6.07, 6.45) is 0.725. The normalized spacial score (nSPS) is 11.3. The van der Waals surface area contributed by atoms with Gasteiger partial charge < -0.3 is 29.4 Å². The first kappa shape index (κ1) is 49.9. The van der Waals surface area contributed by atoms with Gasteiger partial charge in [0.15, 0.2) is 0 Å². The second-order valence-electron chi connectivity index (χ2n) is 17.4. The van der Waals surface area contributed by atoms with Crippen LogP contribution in [-0.4, -0.2) is 63.4 Å². The number of hydrogen-bond acceptors (Lipinski definition) is 11. The molecule has 0 fully saturated rings. The van der Waals surface area contributed by atoms with Crippen molar-refractivity contribution in [1.29, 1.82) is 0 Å². The number of aromatic nitrogens is 2. The van der Waals surface area contributed by atoms with E-state index in [0.29, 0.717) is 31.1 Å². The molecular formula is C54H60N4O7S2. The molecule has 67 heavy (non-hydrogen) atoms. The van der Waals surface area contributed by atoms with Crippen LogP contribution in [0.15, 0.2) is 133 Å². The Kier molecular flexibility index (Phi) is 17.3. The molecule has 0 radical (unpaired) electrons. The minimum atomic E-state index is -1.51. The number of carbonyl (C=O) groups is 2. The van der Waals surface area contributed by atoms with Crippen LogP contribution in [0.1, 0.15) is 66.9 Å². The lowest BCUT2D eigenvalue weighted by Gasteiger charge is -2.34. The summed E-state index contributed by atoms with van der Waals surface area (Å²) in [7, 11) is 1.54. The molecule has 11 nitrogen and oxygen atoms in total. The molecule has 7 aromatic rings. The highest BCUT2D eigenvalue weighted by Gasteiger charge is 2.39. The number of rotatable bonds is 18. The zero-order chi connectivity index (χ0) is 48.0. The molecule has 0 spiro atoms. The first-order valence-corrected chi connectivity index (χ1v) is 23.8. The number of nitrogens with one attached hydrogen (secondary N) is 1. The van der Waals surface area contributed by atoms with Crippen LogP contribution < -0.4 is 24.3 Å². The second-order valence-corrected chi connectivity index (χ2v) is 19.8. The van der Waals surface area contributed by atoms with Gasteiger partial charge in [0.05, 0.1) is 38.3 Å². The maximum Gasteiger partial charge on any atom is 0.416 e. The van der Waals surface area contributed by atoms with Crippen molar-refractivity contribution in [1.82, 2.24) is 20.2 Å². The van der Waals surface area contributed by atoms with Gasteiger partial charge in [0.25, 0.3) is 0 Å². The number of amides is 1. The van der Waals surface area contributed by atoms with Gasteiger partial charge in [-0.1, -0.05) is 84.9 Å². The Morgan fingerprint density at radius 1 is 0.612 bits per heavy atom. The van der Waals surface area contributed by atoms with E-state index in [4.69, 9.17) is 28.9 Å². The Bertz CT molecular complexity index is 2640. The fraction of sp³-hybridized carbons (Fsp3) is 0.296. The molecule has 1 amide bonds. The minimum Gasteiger partial charge on any atom is -0.497 e. The molecular weight excluding hydrogens is 881 g/mol. The van der Waals surface area contributed by atoms with E-state index in [-0.39, 0.29) is 17.8 Å². The van der Waals surface area contributed by atoms with Crippen LogP contribution in [0.25, 0.3) is 21.1 Å². The number of methoxy groups -OCH3 is 1. The third-order valence-electron chi connectivity index (χ3n) is 10.7. The lowest BCUT2D eigenvalue weighted by atomic mass is 10.0. The standard InChI is InChI=1S/C31H32N2O6S.C23H28N2OS/c1-21-27(32-28(40-21)23-8-6-5-7-9-23)18-19-38-25-12-10-22(11-13-25)20-33(31(2,3)29(34)35)30(36)39-26-16-14-24(37-4)15-17-26;1-17-21(25-22(27-17)19-8-6-5-7-9-19)14-15-26-20-12-10-18(11-13-20)16-24-23(2,3)4/h5-17H,18-20H2,1-4H3,(H,34,35);5-13,24H,14-16H2,1-4H3. The molecule has 5 aromatic carbocycles. The number of carboxylic acids is 1. The zero-order valence-electron chi connectivity index (χ0n) is 39.5. The van der Waals surface area contributed by atoms with Crippen molar-refractivity contribution in [3.63, 3.8) is 0 Å². The number of aliphatic carboxylic acids is 1. The number of thiazole rings is 2. The van der Waals surface area contributed by atoms with Gasteiger partial charge in [0, 0.05) is 45.8 Å². The molecule has 2 heterocycles. The summed E-state index contributed by atoms with van der Waals surface area (Å²) in [5.74, 6) is 1.33. The summed E-state index contributed by atoms with van der Waals surface area (Å²) in [6, 6.07) is 42.5. The SMILES string of the molecule is COc1ccc(OC(=O)N(Cc2ccc(OCCc3nc(-c4ccccc4)sc3C)cc2)C(C)(C)C(=O)O)cc1.Cc1sc(-c2ccccc2)nc1CCOc1ccc(CNC(C)(C)C)cc1. The molecule has 0 saturated carbocycles. The topological polar surface area (TPSA) is 132 Å². The zero-order valence-corrected chi connectivity index (χ0v) is 41.1. The minimum absolute atomic E-state index is 0.0366. The predicted molar refractivity (Wildman–Crippen MR) is 269 cm³/mol. The van der Waals surface area contributed by atoms with E-state index < -0.39 is 17.6 Å². The van der Waals surface area contributed by atoms with Crippen molar-refractivity contribution in [2.45, 2.75) is 85.5 Å². The maximum absolute atomic E-state index is 13.1. The van der Waals surface area contributed by atoms with Crippen LogP contribution in [0, 0.1) is 13.8 Å². The molecule has 350 valence electrons. The quantitative estimate of drug-likeness (QED) is 0.0857. The van der Waals surface area contributed by atoms with Gasteiger partial charge in [0.1, 0.15) is 38.6 Å². The molecule has 0 saturated heterocycles. The van der Waals surface area contributed by atoms with Crippen molar-refractivity contribution in [3.05, 3.63) is 166 Å². The van der Waals surface area contributed by atoms with Crippen molar-refractivity contribution in [2.24, 2.45) is 0 Å². The summed E-state index contributed by atoms with van der Waals surface area (Å²) < 4.78 is 22.5. The largest absolute Gasteiger partial charge is 0.497 e. The van der Waals surface area contributed by atoms with Crippen LogP contribution in [0.5, 0.6) is 23.0 Å². The number of nitrogens with zero attached hydrogens (tertiary/aromatic N) is 3. The molecule has 0 atom stereocenters. The van der Waals surface area contributed by atoms with Gasteiger partial charge in [0.2, 0.25) is 0 Å². The van der Waals surface area contributed by atoms with E-state index in [0.717, 1.165) is 51.2 Å². The predicted octanol–water partition coefficient (Wildman–Crippen LogP) is 12.2. The summed E-state index contributed by atoms with van der Waals surface area (Å²) >= 11 is 3.42. The van der Waals surface area contributed by atoms with Crippen molar-refractivity contribution in [3.8, 4) is 44.1 Å². The molecule has 7 rings (SSSR count). The number of hydrogen-bond donors (Lipinski definition) is 2. The third-order valence-corrected chi connectivity index (χ3v) is 12.9. The van der Waals surface area contributed by atoms with Crippen LogP contribution in [-0.2, 0) is 30.7 Å². The lowest BCUT2D eigenvalue weighted by Crippen LogP contribution is -2.53. The molecule has 2 N–H and O–H groups in total. The molecule has 0 unspecified atom stereocenters. The van der Waals surface area contributed by atoms with E-state index in [1.807, 2.05) is 48.5 Å². The Labute approximate surface area is 402 Å². The number of ether oxygens (including phenoxy) is 4. The highest BCUT2D eigenvalue weighted by Crippen LogP contribution is 2.30. The molecule has 0 aliphatic heterocycles. The van der Waals surface area contributed by atoms with Crippen LogP contribution in [0.4, 0.5) is 4.79 Å². The monoisotopic (exact) mass is 940 g/mol. The average molecular weight is 941 g/mol. The van der Waals surface area contributed by atoms with E-state index in [2.05, 4.69) is 88.5 Å². The lowest BCUT2D eigenvalue weighted by molar-refractivity contribution is -0.148. The molecule has 0 aliphatic rings. The Morgan fingerprint density at radius 3 is 1.48 bits per heavy atom. The van der Waals surface area contributed by atoms with Crippen molar-refractivity contribution < 1.29 is 33.6 Å². The Hall–Kier alpha value is -6.54. The molecule has 0 aliphatic carbocycles. The van der Waals surface area contributed by atoms with Crippen LogP contribution in [0.3, 0.4) is 0 Å². The van der Waals surface area contributed by atoms with Crippen molar-refractivity contribution in [2.75, 3.05) is 20.3 Å². The Morgan fingerprint density at radius 2 is 1.04 bits per heavy atom. The molecule has 2 aromatic heterocycles. The summed E-state index contributed by atoms with van der Waals surface area (Å²) in [5, 5.41) is 15.4. The number of carbonyl (C=O) groups excluding carboxylic acids is 1. The summed E-state index contributed by atoms with van der Waals surface area (Å²) in [4.78, 5) is 38.3. The van der Waals surface area contributed by atoms with Gasteiger partial charge >= 0.3 is 12.1 Å². The third kappa shape index (κ3) is 14.7. The number of carboxylic acid groups (broad SMARTS) is 1. The van der Waals surface area contributed by atoms with Gasteiger partial charge in [-0.3, -0.25) is 4.90 Å². The summed E-state index contributed by atoms with van der Waals surface area (Å²) in [5.41, 5.74) is 5.04. The van der Waals surface area contributed by atoms with Gasteiger partial charge in [-0.25, -0.2) is 19.6 Å². The highest BCUT2D eigenvalue weighted by molar-refractivity contribution is 7.15. The number of aryl methyl sites for hydroxylation is 2. The van der Waals surface area contributed by atoms with Crippen molar-refractivity contribution >= 4 is 34.7 Å². The summed E-state index contributed by atoms with van der Waals surface area (Å²) in [6.45, 7) is 15.7. The fourth-order valence-electron chi connectivity index (χ4n) is 6.61. The molecule has 0 bridgehead atoms. The maximum atomic E-state index is 13.1. The van der Waals surface area contributed by atoms with Crippen LogP contribution >= 0.6 is 22.7 Å². The number of benzene rings is 5. The first-order chi connectivity index (χ1) is 32.1. The second kappa shape index (κ2) is 23.3. The van der Waals surface area contributed by atoms with Gasteiger partial charge in [-0.2, -0.15) is 0 Å². The average Bonchev–Trinajstić information content (AvgIpc) is 3.89. The smallest absolute Gasteiger partial charge is 0.416 e. The van der Waals surface area contributed by atoms with Crippen LogP contribution in [0.2, 0.25) is 0 Å². The molecule has 13 heteroatoms. The first-order valence-electron chi connectivity index (χ1n) is 22.2. The van der Waals surface area contributed by atoms with E-state index in [9.17, 15) is 14.7 Å². The fourth-order valence-corrected chi connectivity index (χ4v) is 8.54. The van der Waals surface area contributed by atoms with E-state index in [1.165, 1.54) is 46.7 Å². The van der Waals surface area contributed by atoms with Gasteiger partial charge in [-0.15, -0.1) is 22.7 Å².